The van der Waals surface area contributed by atoms with Gasteiger partial charge >= 0.3 is 0 Å². The molecule has 20 heavy (non-hydrogen) atoms. The average Bonchev–Trinajstić information content (AvgIpc) is 3.12. The summed E-state index contributed by atoms with van der Waals surface area (Å²) in [5, 5.41) is 7.36. The Bertz CT molecular complexity index is 511. The van der Waals surface area contributed by atoms with Gasteiger partial charge in [0.25, 0.3) is 0 Å². The second kappa shape index (κ2) is 7.05. The van der Waals surface area contributed by atoms with Gasteiger partial charge in [-0.05, 0) is 25.8 Å². The molecule has 0 spiro atoms. The van der Waals surface area contributed by atoms with Crippen LogP contribution in [0.15, 0.2) is 12.4 Å². The monoisotopic (exact) mass is 302 g/mol. The van der Waals surface area contributed by atoms with Gasteiger partial charge in [0.15, 0.2) is 0 Å². The second-order valence-corrected chi connectivity index (χ2v) is 6.83. The van der Waals surface area contributed by atoms with Crippen molar-refractivity contribution in [3.05, 3.63) is 12.4 Å². The van der Waals surface area contributed by atoms with Crippen molar-refractivity contribution in [3.63, 3.8) is 0 Å². The van der Waals surface area contributed by atoms with Crippen LogP contribution in [-0.4, -0.2) is 50.3 Å². The number of ether oxygens (including phenoxy) is 1. The molecule has 1 heterocycles. The van der Waals surface area contributed by atoms with Gasteiger partial charge in [-0.25, -0.2) is 8.42 Å². The molecule has 0 aromatic carbocycles. The fraction of sp³-hybridized carbons (Fsp3) is 0.750. The van der Waals surface area contributed by atoms with Crippen molar-refractivity contribution < 1.29 is 13.2 Å². The van der Waals surface area contributed by atoms with Gasteiger partial charge in [0.05, 0.1) is 30.8 Å². The Morgan fingerprint density at radius 2 is 2.30 bits per heavy atom. The number of hydrogen-bond acceptors (Lipinski definition) is 5. The topological polar surface area (TPSA) is 85.2 Å². The molecule has 0 radical (unpaired) electrons. The molecule has 0 saturated heterocycles. The molecule has 1 aromatic rings. The molecule has 114 valence electrons. The van der Waals surface area contributed by atoms with Crippen LogP contribution >= 0.6 is 0 Å². The first-order valence-electron chi connectivity index (χ1n) is 6.84. The van der Waals surface area contributed by atoms with E-state index >= 15 is 0 Å². The normalized spacial score (nSPS) is 15.4. The predicted octanol–water partition coefficient (Wildman–Crippen LogP) is 0.413. The summed E-state index contributed by atoms with van der Waals surface area (Å²) in [4.78, 5) is 0. The van der Waals surface area contributed by atoms with Gasteiger partial charge in [0, 0.05) is 19.3 Å². The van der Waals surface area contributed by atoms with Gasteiger partial charge in [0.1, 0.15) is 0 Å². The van der Waals surface area contributed by atoms with E-state index in [1.54, 1.807) is 18.0 Å². The molecule has 8 heteroatoms. The average molecular weight is 302 g/mol. The summed E-state index contributed by atoms with van der Waals surface area (Å²) in [5.41, 5.74) is 0.497. The first-order chi connectivity index (χ1) is 9.59. The molecule has 1 aliphatic rings. The quantitative estimate of drug-likeness (QED) is 0.612. The third kappa shape index (κ3) is 5.48. The Hall–Kier alpha value is -1.12. The van der Waals surface area contributed by atoms with E-state index in [2.05, 4.69) is 15.1 Å². The number of aromatic nitrogens is 2. The zero-order valence-corrected chi connectivity index (χ0v) is 12.5. The smallest absolute Gasteiger partial charge is 0.232 e. The number of sulfonamides is 1. The molecule has 1 saturated carbocycles. The number of rotatable bonds is 10. The van der Waals surface area contributed by atoms with E-state index in [1.165, 1.54) is 19.0 Å². The van der Waals surface area contributed by atoms with Crippen LogP contribution in [0.3, 0.4) is 0 Å². The maximum absolute atomic E-state index is 11.9. The minimum Gasteiger partial charge on any atom is -0.383 e. The highest BCUT2D eigenvalue weighted by Crippen LogP contribution is 2.18. The third-order valence-corrected chi connectivity index (χ3v) is 4.40. The van der Waals surface area contributed by atoms with Crippen LogP contribution in [-0.2, 0) is 21.3 Å². The van der Waals surface area contributed by atoms with E-state index in [-0.39, 0.29) is 5.75 Å². The SMILES string of the molecule is COCCn1cc(NS(=O)(=O)CCCNC2CC2)cn1. The molecule has 0 aliphatic heterocycles. The Labute approximate surface area is 119 Å². The van der Waals surface area contributed by atoms with Crippen molar-refractivity contribution in [3.8, 4) is 0 Å². The first kappa shape index (κ1) is 15.3. The Balaban J connectivity index is 1.73. The second-order valence-electron chi connectivity index (χ2n) is 4.99. The molecule has 2 N–H and O–H groups in total. The molecule has 0 atom stereocenters. The summed E-state index contributed by atoms with van der Waals surface area (Å²) in [7, 11) is -1.68. The van der Waals surface area contributed by atoms with Crippen LogP contribution < -0.4 is 10.0 Å². The van der Waals surface area contributed by atoms with Crippen LogP contribution in [0.4, 0.5) is 5.69 Å². The van der Waals surface area contributed by atoms with Gasteiger partial charge in [-0.15, -0.1) is 0 Å². The largest absolute Gasteiger partial charge is 0.383 e. The van der Waals surface area contributed by atoms with Crippen LogP contribution in [0.1, 0.15) is 19.3 Å². The lowest BCUT2D eigenvalue weighted by Crippen LogP contribution is -2.23. The molecule has 1 aromatic heterocycles. The number of nitrogens with one attached hydrogen (secondary N) is 2. The fourth-order valence-electron chi connectivity index (χ4n) is 1.81. The molecule has 0 amide bonds. The highest BCUT2D eigenvalue weighted by molar-refractivity contribution is 7.92. The maximum atomic E-state index is 11.9. The van der Waals surface area contributed by atoms with Crippen LogP contribution in [0, 0.1) is 0 Å². The van der Waals surface area contributed by atoms with Crippen molar-refractivity contribution in [1.82, 2.24) is 15.1 Å². The van der Waals surface area contributed by atoms with E-state index in [1.807, 2.05) is 0 Å². The maximum Gasteiger partial charge on any atom is 0.232 e. The molecule has 1 fully saturated rings. The van der Waals surface area contributed by atoms with Crippen molar-refractivity contribution in [1.29, 1.82) is 0 Å². The summed E-state index contributed by atoms with van der Waals surface area (Å²) >= 11 is 0. The number of methoxy groups -OCH3 is 1. The Kier molecular flexibility index (Phi) is 5.38. The van der Waals surface area contributed by atoms with Gasteiger partial charge < -0.3 is 10.1 Å². The highest BCUT2D eigenvalue weighted by atomic mass is 32.2. The third-order valence-electron chi connectivity index (χ3n) is 3.03. The van der Waals surface area contributed by atoms with E-state index in [9.17, 15) is 8.42 Å². The standard InChI is InChI=1S/C12H22N4O3S/c1-19-7-6-16-10-12(9-14-16)15-20(17,18)8-2-5-13-11-3-4-11/h9-11,13,15H,2-8H2,1H3. The molecule has 0 unspecified atom stereocenters. The van der Waals surface area contributed by atoms with Crippen molar-refractivity contribution in [2.75, 3.05) is 30.7 Å². The summed E-state index contributed by atoms with van der Waals surface area (Å²) in [5.74, 6) is 0.121. The molecule has 0 bridgehead atoms. The predicted molar refractivity (Wildman–Crippen MR) is 77.2 cm³/mol. The molecule has 7 nitrogen and oxygen atoms in total. The lowest BCUT2D eigenvalue weighted by molar-refractivity contribution is 0.183. The van der Waals surface area contributed by atoms with Crippen LogP contribution in [0.2, 0.25) is 0 Å². The summed E-state index contributed by atoms with van der Waals surface area (Å²) in [6, 6.07) is 0.615. The van der Waals surface area contributed by atoms with Gasteiger partial charge in [-0.1, -0.05) is 0 Å². The fourth-order valence-corrected chi connectivity index (χ4v) is 2.90. The van der Waals surface area contributed by atoms with Gasteiger partial charge in [0.2, 0.25) is 10.0 Å². The van der Waals surface area contributed by atoms with E-state index in [0.717, 1.165) is 6.54 Å². The Morgan fingerprint density at radius 3 is 3.00 bits per heavy atom. The van der Waals surface area contributed by atoms with Gasteiger partial charge in [-0.2, -0.15) is 5.10 Å². The summed E-state index contributed by atoms with van der Waals surface area (Å²) in [6.45, 7) is 1.89. The van der Waals surface area contributed by atoms with Crippen molar-refractivity contribution in [2.24, 2.45) is 0 Å². The van der Waals surface area contributed by atoms with Crippen molar-refractivity contribution in [2.45, 2.75) is 31.8 Å². The molecule has 2 rings (SSSR count). The number of hydrogen-bond donors (Lipinski definition) is 2. The Morgan fingerprint density at radius 1 is 1.50 bits per heavy atom. The van der Waals surface area contributed by atoms with Crippen molar-refractivity contribution >= 4 is 15.7 Å². The zero-order valence-electron chi connectivity index (χ0n) is 11.7. The lowest BCUT2D eigenvalue weighted by atomic mass is 10.5. The van der Waals surface area contributed by atoms with E-state index in [4.69, 9.17) is 4.74 Å². The zero-order chi connectivity index (χ0) is 14.4. The summed E-state index contributed by atoms with van der Waals surface area (Å²) in [6.07, 6.45) is 6.22. The molecular formula is C12H22N4O3S. The van der Waals surface area contributed by atoms with E-state index in [0.29, 0.717) is 31.3 Å². The lowest BCUT2D eigenvalue weighted by Gasteiger charge is -2.06. The highest BCUT2D eigenvalue weighted by Gasteiger charge is 2.20. The minimum atomic E-state index is -3.29. The minimum absolute atomic E-state index is 0.121. The summed E-state index contributed by atoms with van der Waals surface area (Å²) < 4.78 is 32.9. The number of anilines is 1. The van der Waals surface area contributed by atoms with Gasteiger partial charge in [-0.3, -0.25) is 9.40 Å². The first-order valence-corrected chi connectivity index (χ1v) is 8.49. The van der Waals surface area contributed by atoms with Crippen LogP contribution in [0.25, 0.3) is 0 Å². The number of nitrogens with zero attached hydrogens (tertiary/aromatic N) is 2. The van der Waals surface area contributed by atoms with E-state index < -0.39 is 10.0 Å². The van der Waals surface area contributed by atoms with Crippen LogP contribution in [0.5, 0.6) is 0 Å². The molecular weight excluding hydrogens is 280 g/mol. The molecule has 1 aliphatic carbocycles.